The average Bonchev–Trinajstić information content (AvgIpc) is 2.64. The molecular formula is C11H19N5O2. The Kier molecular flexibility index (Phi) is 3.42. The Balaban J connectivity index is 2.48. The molecule has 1 fully saturated rings. The van der Waals surface area contributed by atoms with Gasteiger partial charge in [0, 0.05) is 13.6 Å². The van der Waals surface area contributed by atoms with Gasteiger partial charge in [0.2, 0.25) is 0 Å². The van der Waals surface area contributed by atoms with Gasteiger partial charge in [0.1, 0.15) is 5.82 Å². The van der Waals surface area contributed by atoms with Gasteiger partial charge >= 0.3 is 0 Å². The maximum Gasteiger partial charge on any atom is 0.175 e. The average molecular weight is 253 g/mol. The molecule has 0 saturated carbocycles. The number of morpholine rings is 1. The molecule has 7 heteroatoms. The van der Waals surface area contributed by atoms with Crippen LogP contribution in [0, 0.1) is 6.92 Å². The van der Waals surface area contributed by atoms with E-state index in [4.69, 9.17) is 15.7 Å². The second kappa shape index (κ2) is 4.85. The lowest BCUT2D eigenvalue weighted by atomic mass is 10.1. The summed E-state index contributed by atoms with van der Waals surface area (Å²) in [5.74, 6) is 0.966. The predicted octanol–water partition coefficient (Wildman–Crippen LogP) is 0.0481. The Morgan fingerprint density at radius 2 is 2.33 bits per heavy atom. The van der Waals surface area contributed by atoms with Crippen LogP contribution in [0.3, 0.4) is 0 Å². The largest absolute Gasteiger partial charge is 0.409 e. The van der Waals surface area contributed by atoms with Crippen molar-refractivity contribution in [3.05, 3.63) is 11.3 Å². The maximum absolute atomic E-state index is 8.89. The molecule has 0 aromatic carbocycles. The summed E-state index contributed by atoms with van der Waals surface area (Å²) in [6.07, 6.45) is 0. The van der Waals surface area contributed by atoms with E-state index >= 15 is 0 Å². The molecule has 100 valence electrons. The summed E-state index contributed by atoms with van der Waals surface area (Å²) < 4.78 is 7.19. The van der Waals surface area contributed by atoms with Gasteiger partial charge in [-0.05, 0) is 13.8 Å². The summed E-state index contributed by atoms with van der Waals surface area (Å²) >= 11 is 0. The third-order valence-electron chi connectivity index (χ3n) is 3.20. The van der Waals surface area contributed by atoms with Crippen LogP contribution in [0.2, 0.25) is 0 Å². The molecule has 1 atom stereocenters. The van der Waals surface area contributed by atoms with Gasteiger partial charge in [0.15, 0.2) is 5.84 Å². The first kappa shape index (κ1) is 12.7. The van der Waals surface area contributed by atoms with Crippen LogP contribution >= 0.6 is 0 Å². The van der Waals surface area contributed by atoms with Gasteiger partial charge in [-0.1, -0.05) is 5.16 Å². The van der Waals surface area contributed by atoms with Crippen LogP contribution in [0.25, 0.3) is 0 Å². The molecule has 1 saturated heterocycles. The maximum atomic E-state index is 8.89. The van der Waals surface area contributed by atoms with Crippen LogP contribution in [-0.4, -0.2) is 46.6 Å². The van der Waals surface area contributed by atoms with Crippen LogP contribution in [0.5, 0.6) is 0 Å². The molecule has 1 aliphatic heterocycles. The number of amidine groups is 1. The number of nitrogens with two attached hydrogens (primary N) is 1. The molecule has 0 radical (unpaired) electrons. The molecule has 3 N–H and O–H groups in total. The standard InChI is InChI=1S/C11H19N5O2/c1-7-6-18-5-4-16(7)11-9(10(12)14-17)8(2)13-15(11)3/h7,17H,4-6H2,1-3H3,(H2,12,14). The minimum atomic E-state index is 0.0919. The number of hydrogen-bond donors (Lipinski definition) is 2. The second-order valence-corrected chi connectivity index (χ2v) is 4.51. The van der Waals surface area contributed by atoms with Crippen molar-refractivity contribution in [1.82, 2.24) is 9.78 Å². The van der Waals surface area contributed by atoms with E-state index in [9.17, 15) is 0 Å². The van der Waals surface area contributed by atoms with Gasteiger partial charge in [-0.3, -0.25) is 4.68 Å². The third kappa shape index (κ3) is 2.01. The summed E-state index contributed by atoms with van der Waals surface area (Å²) in [7, 11) is 1.86. The zero-order valence-electron chi connectivity index (χ0n) is 10.9. The summed E-state index contributed by atoms with van der Waals surface area (Å²) in [5, 5.41) is 16.3. The molecule has 7 nitrogen and oxygen atoms in total. The smallest absolute Gasteiger partial charge is 0.175 e. The fourth-order valence-electron chi connectivity index (χ4n) is 2.37. The van der Waals surface area contributed by atoms with E-state index in [0.717, 1.165) is 18.1 Å². The molecular weight excluding hydrogens is 234 g/mol. The summed E-state index contributed by atoms with van der Waals surface area (Å²) in [6.45, 7) is 6.04. The van der Waals surface area contributed by atoms with Gasteiger partial charge in [0.25, 0.3) is 0 Å². The first-order chi connectivity index (χ1) is 8.56. The minimum absolute atomic E-state index is 0.0919. The molecule has 1 aromatic heterocycles. The summed E-state index contributed by atoms with van der Waals surface area (Å²) in [6, 6.07) is 0.235. The van der Waals surface area contributed by atoms with E-state index in [0.29, 0.717) is 18.8 Å². The Bertz CT molecular complexity index is 468. The van der Waals surface area contributed by atoms with Crippen molar-refractivity contribution in [3.63, 3.8) is 0 Å². The zero-order valence-corrected chi connectivity index (χ0v) is 10.9. The van der Waals surface area contributed by atoms with Crippen molar-refractivity contribution in [2.24, 2.45) is 17.9 Å². The quantitative estimate of drug-likeness (QED) is 0.336. The Morgan fingerprint density at radius 1 is 1.61 bits per heavy atom. The van der Waals surface area contributed by atoms with Crippen molar-refractivity contribution >= 4 is 11.7 Å². The summed E-state index contributed by atoms with van der Waals surface area (Å²) in [4.78, 5) is 2.18. The lowest BCUT2D eigenvalue weighted by molar-refractivity contribution is 0.0981. The zero-order chi connectivity index (χ0) is 13.3. The van der Waals surface area contributed by atoms with Crippen LogP contribution in [0.1, 0.15) is 18.2 Å². The van der Waals surface area contributed by atoms with Gasteiger partial charge in [-0.15, -0.1) is 0 Å². The number of nitrogens with zero attached hydrogens (tertiary/aromatic N) is 4. The number of oxime groups is 1. The molecule has 2 rings (SSSR count). The van der Waals surface area contributed by atoms with E-state index < -0.39 is 0 Å². The lowest BCUT2D eigenvalue weighted by Crippen LogP contribution is -2.45. The number of ether oxygens (including phenoxy) is 1. The van der Waals surface area contributed by atoms with Crippen molar-refractivity contribution < 1.29 is 9.94 Å². The van der Waals surface area contributed by atoms with Crippen LogP contribution < -0.4 is 10.6 Å². The summed E-state index contributed by atoms with van der Waals surface area (Å²) in [5.41, 5.74) is 7.19. The first-order valence-corrected chi connectivity index (χ1v) is 5.92. The third-order valence-corrected chi connectivity index (χ3v) is 3.20. The highest BCUT2D eigenvalue weighted by molar-refractivity contribution is 6.02. The fraction of sp³-hybridized carbons (Fsp3) is 0.636. The highest BCUT2D eigenvalue weighted by Crippen LogP contribution is 2.26. The molecule has 1 unspecified atom stereocenters. The first-order valence-electron chi connectivity index (χ1n) is 5.92. The Hall–Kier alpha value is -1.76. The number of rotatable bonds is 2. The van der Waals surface area contributed by atoms with E-state index in [2.05, 4.69) is 22.1 Å². The number of aromatic nitrogens is 2. The molecule has 18 heavy (non-hydrogen) atoms. The van der Waals surface area contributed by atoms with Crippen molar-refractivity contribution in [3.8, 4) is 0 Å². The van der Waals surface area contributed by atoms with E-state index in [-0.39, 0.29) is 11.9 Å². The highest BCUT2D eigenvalue weighted by atomic mass is 16.5. The molecule has 1 aromatic rings. The molecule has 0 spiro atoms. The topological polar surface area (TPSA) is 88.9 Å². The number of aryl methyl sites for hydroxylation is 2. The van der Waals surface area contributed by atoms with Gasteiger partial charge < -0.3 is 20.6 Å². The normalized spacial score (nSPS) is 21.4. The van der Waals surface area contributed by atoms with Gasteiger partial charge in [-0.2, -0.15) is 5.10 Å². The van der Waals surface area contributed by atoms with Gasteiger partial charge in [0.05, 0.1) is 30.5 Å². The van der Waals surface area contributed by atoms with E-state index in [1.165, 1.54) is 0 Å². The van der Waals surface area contributed by atoms with E-state index in [1.54, 1.807) is 4.68 Å². The molecule has 1 aliphatic rings. The van der Waals surface area contributed by atoms with Crippen LogP contribution in [0.4, 0.5) is 5.82 Å². The second-order valence-electron chi connectivity index (χ2n) is 4.51. The number of hydrogen-bond acceptors (Lipinski definition) is 5. The van der Waals surface area contributed by atoms with Gasteiger partial charge in [-0.25, -0.2) is 0 Å². The molecule has 0 aliphatic carbocycles. The van der Waals surface area contributed by atoms with Crippen molar-refractivity contribution in [1.29, 1.82) is 0 Å². The van der Waals surface area contributed by atoms with Crippen LogP contribution in [-0.2, 0) is 11.8 Å². The highest BCUT2D eigenvalue weighted by Gasteiger charge is 2.27. The molecule has 0 bridgehead atoms. The van der Waals surface area contributed by atoms with Crippen molar-refractivity contribution in [2.45, 2.75) is 19.9 Å². The SMILES string of the molecule is Cc1nn(C)c(N2CCOCC2C)c1/C(N)=N/O. The van der Waals surface area contributed by atoms with E-state index in [1.807, 2.05) is 14.0 Å². The predicted molar refractivity (Wildman–Crippen MR) is 68.1 cm³/mol. The number of anilines is 1. The monoisotopic (exact) mass is 253 g/mol. The molecule has 0 amide bonds. The van der Waals surface area contributed by atoms with Crippen molar-refractivity contribution in [2.75, 3.05) is 24.7 Å². The van der Waals surface area contributed by atoms with Crippen LogP contribution in [0.15, 0.2) is 5.16 Å². The Labute approximate surface area is 106 Å². The lowest BCUT2D eigenvalue weighted by Gasteiger charge is -2.35. The fourth-order valence-corrected chi connectivity index (χ4v) is 2.37. The Morgan fingerprint density at radius 3 is 2.94 bits per heavy atom. The minimum Gasteiger partial charge on any atom is -0.409 e. The molecule has 2 heterocycles.